The number of amidine groups is 1. The van der Waals surface area contributed by atoms with E-state index >= 15 is 0 Å². The molecule has 1 unspecified atom stereocenters. The predicted octanol–water partition coefficient (Wildman–Crippen LogP) is 1.71. The highest BCUT2D eigenvalue weighted by Gasteiger charge is 2.20. The number of ether oxygens (including phenoxy) is 1. The molecule has 1 amide bonds. The first-order valence-corrected chi connectivity index (χ1v) is 7.42. The van der Waals surface area contributed by atoms with Gasteiger partial charge in [0.1, 0.15) is 5.84 Å². The van der Waals surface area contributed by atoms with Crippen molar-refractivity contribution in [3.8, 4) is 0 Å². The fraction of sp³-hybridized carbons (Fsp3) is 0.857. The van der Waals surface area contributed by atoms with E-state index in [0.29, 0.717) is 19.4 Å². The Balaban J connectivity index is 2.38. The van der Waals surface area contributed by atoms with Crippen molar-refractivity contribution >= 4 is 11.7 Å². The monoisotopic (exact) mass is 285 g/mol. The van der Waals surface area contributed by atoms with Gasteiger partial charge in [-0.3, -0.25) is 4.79 Å². The molecular formula is C14H27N3O3. The summed E-state index contributed by atoms with van der Waals surface area (Å²) in [6, 6.07) is 0.112. The van der Waals surface area contributed by atoms with Crippen molar-refractivity contribution in [1.29, 1.82) is 0 Å². The normalized spacial score (nSPS) is 20.1. The van der Waals surface area contributed by atoms with E-state index in [0.717, 1.165) is 25.9 Å². The van der Waals surface area contributed by atoms with Crippen LogP contribution in [0.15, 0.2) is 5.16 Å². The van der Waals surface area contributed by atoms with E-state index < -0.39 is 0 Å². The van der Waals surface area contributed by atoms with Crippen LogP contribution in [0.5, 0.6) is 0 Å². The van der Waals surface area contributed by atoms with Crippen molar-refractivity contribution in [2.24, 2.45) is 10.9 Å². The molecule has 1 atom stereocenters. The van der Waals surface area contributed by atoms with Gasteiger partial charge >= 0.3 is 0 Å². The number of nitrogens with zero attached hydrogens (tertiary/aromatic N) is 2. The number of hydrogen-bond donors (Lipinski definition) is 2. The topological polar surface area (TPSA) is 88.1 Å². The van der Waals surface area contributed by atoms with Crippen molar-refractivity contribution in [2.45, 2.75) is 64.5 Å². The number of amides is 1. The zero-order valence-electron chi connectivity index (χ0n) is 12.5. The molecule has 1 aliphatic heterocycles. The lowest BCUT2D eigenvalue weighted by Gasteiger charge is -2.28. The Kier molecular flexibility index (Phi) is 7.36. The van der Waals surface area contributed by atoms with Crippen LogP contribution in [-0.2, 0) is 9.53 Å². The van der Waals surface area contributed by atoms with Gasteiger partial charge in [-0.25, -0.2) is 0 Å². The highest BCUT2D eigenvalue weighted by Crippen LogP contribution is 2.18. The largest absolute Gasteiger partial charge is 0.409 e. The van der Waals surface area contributed by atoms with Gasteiger partial charge < -0.3 is 20.6 Å². The molecule has 0 aromatic heterocycles. The van der Waals surface area contributed by atoms with Gasteiger partial charge in [-0.05, 0) is 39.5 Å². The minimum atomic E-state index is 0.111. The summed E-state index contributed by atoms with van der Waals surface area (Å²) in [7, 11) is 0. The third kappa shape index (κ3) is 5.77. The van der Waals surface area contributed by atoms with Crippen LogP contribution in [0, 0.1) is 0 Å². The summed E-state index contributed by atoms with van der Waals surface area (Å²) in [5.41, 5.74) is 5.45. The first-order chi connectivity index (χ1) is 9.54. The molecule has 0 aromatic carbocycles. The number of hydrogen-bond acceptors (Lipinski definition) is 4. The van der Waals surface area contributed by atoms with Crippen LogP contribution >= 0.6 is 0 Å². The van der Waals surface area contributed by atoms with E-state index in [2.05, 4.69) is 5.16 Å². The second kappa shape index (κ2) is 8.79. The zero-order valence-corrected chi connectivity index (χ0v) is 12.5. The summed E-state index contributed by atoms with van der Waals surface area (Å²) in [4.78, 5) is 14.0. The molecule has 1 saturated heterocycles. The number of nitrogens with two attached hydrogens (primary N) is 1. The Morgan fingerprint density at radius 2 is 2.20 bits per heavy atom. The van der Waals surface area contributed by atoms with Gasteiger partial charge in [-0.2, -0.15) is 0 Å². The number of oxime groups is 1. The van der Waals surface area contributed by atoms with Crippen molar-refractivity contribution < 1.29 is 14.7 Å². The first kappa shape index (κ1) is 16.8. The molecule has 0 spiro atoms. The SMILES string of the molecule is CC(C)N(CCC(N)=NO)C(=O)CCC1CCCCO1. The zero-order chi connectivity index (χ0) is 15.0. The van der Waals surface area contributed by atoms with Gasteiger partial charge in [0.15, 0.2) is 0 Å². The average molecular weight is 285 g/mol. The summed E-state index contributed by atoms with van der Waals surface area (Å²) in [6.07, 6.45) is 5.27. The molecular weight excluding hydrogens is 258 g/mol. The van der Waals surface area contributed by atoms with Gasteiger partial charge in [-0.1, -0.05) is 5.16 Å². The van der Waals surface area contributed by atoms with Crippen molar-refractivity contribution in [3.63, 3.8) is 0 Å². The smallest absolute Gasteiger partial charge is 0.222 e. The number of rotatable bonds is 7. The first-order valence-electron chi connectivity index (χ1n) is 7.42. The molecule has 116 valence electrons. The fourth-order valence-corrected chi connectivity index (χ4v) is 2.42. The van der Waals surface area contributed by atoms with E-state index in [1.807, 2.05) is 13.8 Å². The molecule has 0 aromatic rings. The maximum absolute atomic E-state index is 12.3. The van der Waals surface area contributed by atoms with Gasteiger partial charge in [0.25, 0.3) is 0 Å². The standard InChI is InChI=1S/C14H27N3O3/c1-11(2)17(9-8-13(15)16-19)14(18)7-6-12-5-3-4-10-20-12/h11-12,19H,3-10H2,1-2H3,(H2,15,16). The quantitative estimate of drug-likeness (QED) is 0.322. The van der Waals surface area contributed by atoms with Crippen LogP contribution in [0.3, 0.4) is 0 Å². The Morgan fingerprint density at radius 1 is 1.45 bits per heavy atom. The van der Waals surface area contributed by atoms with Gasteiger partial charge in [0.05, 0.1) is 6.10 Å². The Bertz CT molecular complexity index is 326. The molecule has 1 heterocycles. The second-order valence-electron chi connectivity index (χ2n) is 5.55. The van der Waals surface area contributed by atoms with E-state index in [9.17, 15) is 4.79 Å². The third-order valence-corrected chi connectivity index (χ3v) is 3.64. The van der Waals surface area contributed by atoms with E-state index in [-0.39, 0.29) is 23.9 Å². The Morgan fingerprint density at radius 3 is 2.75 bits per heavy atom. The summed E-state index contributed by atoms with van der Waals surface area (Å²) < 4.78 is 5.64. The lowest BCUT2D eigenvalue weighted by molar-refractivity contribution is -0.133. The van der Waals surface area contributed by atoms with Crippen LogP contribution in [0.4, 0.5) is 0 Å². The molecule has 0 bridgehead atoms. The third-order valence-electron chi connectivity index (χ3n) is 3.64. The molecule has 0 saturated carbocycles. The minimum Gasteiger partial charge on any atom is -0.409 e. The molecule has 20 heavy (non-hydrogen) atoms. The highest BCUT2D eigenvalue weighted by molar-refractivity contribution is 5.81. The molecule has 1 fully saturated rings. The van der Waals surface area contributed by atoms with Gasteiger partial charge in [0.2, 0.25) is 5.91 Å². The summed E-state index contributed by atoms with van der Waals surface area (Å²) in [6.45, 7) is 5.25. The Hall–Kier alpha value is -1.30. The maximum atomic E-state index is 12.3. The van der Waals surface area contributed by atoms with Crippen LogP contribution < -0.4 is 5.73 Å². The van der Waals surface area contributed by atoms with Gasteiger partial charge in [-0.15, -0.1) is 0 Å². The minimum absolute atomic E-state index is 0.111. The molecule has 1 rings (SSSR count). The summed E-state index contributed by atoms with van der Waals surface area (Å²) in [5.74, 6) is 0.263. The average Bonchev–Trinajstić information content (AvgIpc) is 2.45. The van der Waals surface area contributed by atoms with E-state index in [1.54, 1.807) is 4.90 Å². The summed E-state index contributed by atoms with van der Waals surface area (Å²) in [5, 5.41) is 11.5. The Labute approximate surface area is 120 Å². The van der Waals surface area contributed by atoms with Crippen molar-refractivity contribution in [2.75, 3.05) is 13.2 Å². The molecule has 0 radical (unpaired) electrons. The van der Waals surface area contributed by atoms with Crippen LogP contribution in [0.25, 0.3) is 0 Å². The number of carbonyl (C=O) groups is 1. The van der Waals surface area contributed by atoms with Crippen LogP contribution in [0.1, 0.15) is 52.4 Å². The molecule has 6 heteroatoms. The molecule has 0 aliphatic carbocycles. The van der Waals surface area contributed by atoms with Crippen LogP contribution in [0.2, 0.25) is 0 Å². The highest BCUT2D eigenvalue weighted by atomic mass is 16.5. The fourth-order valence-electron chi connectivity index (χ4n) is 2.42. The van der Waals surface area contributed by atoms with E-state index in [1.165, 1.54) is 6.42 Å². The predicted molar refractivity (Wildman–Crippen MR) is 77.7 cm³/mol. The number of carbonyl (C=O) groups excluding carboxylic acids is 1. The molecule has 3 N–H and O–H groups in total. The van der Waals surface area contributed by atoms with Crippen molar-refractivity contribution in [1.82, 2.24) is 4.90 Å². The van der Waals surface area contributed by atoms with E-state index in [4.69, 9.17) is 15.7 Å². The van der Waals surface area contributed by atoms with Gasteiger partial charge in [0, 0.05) is 32.0 Å². The van der Waals surface area contributed by atoms with Crippen LogP contribution in [-0.4, -0.2) is 47.1 Å². The molecule has 1 aliphatic rings. The lowest BCUT2D eigenvalue weighted by atomic mass is 10.0. The summed E-state index contributed by atoms with van der Waals surface area (Å²) >= 11 is 0. The second-order valence-corrected chi connectivity index (χ2v) is 5.55. The van der Waals surface area contributed by atoms with Crippen molar-refractivity contribution in [3.05, 3.63) is 0 Å². The maximum Gasteiger partial charge on any atom is 0.222 e. The molecule has 6 nitrogen and oxygen atoms in total. The lowest BCUT2D eigenvalue weighted by Crippen LogP contribution is -2.39.